The van der Waals surface area contributed by atoms with Crippen molar-refractivity contribution in [1.82, 2.24) is 0 Å². The smallest absolute Gasteiger partial charge is 0.118 e. The maximum Gasteiger partial charge on any atom is 0.118 e. The molecule has 1 heteroatoms. The molecule has 0 spiro atoms. The van der Waals surface area contributed by atoms with Gasteiger partial charge in [-0.15, -0.1) is 0 Å². The van der Waals surface area contributed by atoms with Crippen molar-refractivity contribution in [3.8, 4) is 5.75 Å². The summed E-state index contributed by atoms with van der Waals surface area (Å²) in [5, 5.41) is 0. The van der Waals surface area contributed by atoms with Crippen LogP contribution in [-0.4, -0.2) is 7.11 Å². The highest BCUT2D eigenvalue weighted by Crippen LogP contribution is 2.15. The number of hydrogen-bond acceptors (Lipinski definition) is 1. The first-order chi connectivity index (χ1) is 8.69. The van der Waals surface area contributed by atoms with Gasteiger partial charge in [-0.05, 0) is 48.2 Å². The lowest BCUT2D eigenvalue weighted by atomic mass is 10.1. The molecule has 0 radical (unpaired) electrons. The summed E-state index contributed by atoms with van der Waals surface area (Å²) in [6.45, 7) is 4.27. The van der Waals surface area contributed by atoms with E-state index in [0.717, 1.165) is 5.75 Å². The minimum atomic E-state index is 0.887. The van der Waals surface area contributed by atoms with Gasteiger partial charge in [-0.1, -0.05) is 42.5 Å². The van der Waals surface area contributed by atoms with Crippen LogP contribution in [0.25, 0.3) is 12.2 Å². The van der Waals surface area contributed by atoms with Crippen molar-refractivity contribution in [3.63, 3.8) is 0 Å². The Hall–Kier alpha value is -2.02. The number of benzene rings is 2. The van der Waals surface area contributed by atoms with E-state index in [1.165, 1.54) is 22.3 Å². The van der Waals surface area contributed by atoms with Gasteiger partial charge in [-0.25, -0.2) is 0 Å². The highest BCUT2D eigenvalue weighted by atomic mass is 16.5. The summed E-state index contributed by atoms with van der Waals surface area (Å²) in [5.41, 5.74) is 5.06. The minimum absolute atomic E-state index is 0.887. The van der Waals surface area contributed by atoms with Gasteiger partial charge < -0.3 is 4.74 Å². The maximum atomic E-state index is 5.14. The number of rotatable bonds is 3. The molecule has 0 aliphatic rings. The SMILES string of the molecule is COc1ccc(/C=C\c2ccc(C)c(C)c2)cc1. The molecule has 18 heavy (non-hydrogen) atoms. The highest BCUT2D eigenvalue weighted by molar-refractivity contribution is 5.70. The molecule has 1 nitrogen and oxygen atoms in total. The van der Waals surface area contributed by atoms with Gasteiger partial charge >= 0.3 is 0 Å². The summed E-state index contributed by atoms with van der Waals surface area (Å²) >= 11 is 0. The Bertz CT molecular complexity index is 550. The van der Waals surface area contributed by atoms with Gasteiger partial charge in [0.15, 0.2) is 0 Å². The fourth-order valence-corrected chi connectivity index (χ4v) is 1.78. The molecule has 0 heterocycles. The van der Waals surface area contributed by atoms with Crippen molar-refractivity contribution >= 4 is 12.2 Å². The van der Waals surface area contributed by atoms with Crippen molar-refractivity contribution in [3.05, 3.63) is 64.7 Å². The second-order valence-electron chi connectivity index (χ2n) is 4.45. The molecule has 0 unspecified atom stereocenters. The normalized spacial score (nSPS) is 10.8. The van der Waals surface area contributed by atoms with Crippen molar-refractivity contribution in [1.29, 1.82) is 0 Å². The fourth-order valence-electron chi connectivity index (χ4n) is 1.78. The van der Waals surface area contributed by atoms with E-state index in [0.29, 0.717) is 0 Å². The van der Waals surface area contributed by atoms with Gasteiger partial charge in [-0.3, -0.25) is 0 Å². The van der Waals surface area contributed by atoms with Crippen LogP contribution in [0.1, 0.15) is 22.3 Å². The van der Waals surface area contributed by atoms with E-state index >= 15 is 0 Å². The molecular formula is C17H18O. The van der Waals surface area contributed by atoms with Gasteiger partial charge in [0, 0.05) is 0 Å². The second-order valence-corrected chi connectivity index (χ2v) is 4.45. The number of methoxy groups -OCH3 is 1. The topological polar surface area (TPSA) is 9.23 Å². The highest BCUT2D eigenvalue weighted by Gasteiger charge is 1.94. The zero-order valence-electron chi connectivity index (χ0n) is 11.1. The summed E-state index contributed by atoms with van der Waals surface area (Å²) in [4.78, 5) is 0. The van der Waals surface area contributed by atoms with Crippen molar-refractivity contribution < 1.29 is 4.74 Å². The van der Waals surface area contributed by atoms with Gasteiger partial charge in [0.25, 0.3) is 0 Å². The Morgan fingerprint density at radius 1 is 0.778 bits per heavy atom. The molecular weight excluding hydrogens is 220 g/mol. The van der Waals surface area contributed by atoms with Crippen LogP contribution in [0.15, 0.2) is 42.5 Å². The third kappa shape index (κ3) is 3.01. The largest absolute Gasteiger partial charge is 0.497 e. The fraction of sp³-hybridized carbons (Fsp3) is 0.176. The Labute approximate surface area is 109 Å². The van der Waals surface area contributed by atoms with Crippen LogP contribution >= 0.6 is 0 Å². The van der Waals surface area contributed by atoms with Gasteiger partial charge in [0.1, 0.15) is 5.75 Å². The molecule has 2 aromatic rings. The van der Waals surface area contributed by atoms with Crippen molar-refractivity contribution in [2.75, 3.05) is 7.11 Å². The molecule has 2 aromatic carbocycles. The summed E-state index contributed by atoms with van der Waals surface area (Å²) in [6, 6.07) is 14.5. The Morgan fingerprint density at radius 2 is 1.39 bits per heavy atom. The van der Waals surface area contributed by atoms with Gasteiger partial charge in [-0.2, -0.15) is 0 Å². The molecule has 0 N–H and O–H groups in total. The Balaban J connectivity index is 2.16. The first-order valence-electron chi connectivity index (χ1n) is 6.08. The monoisotopic (exact) mass is 238 g/mol. The van der Waals surface area contributed by atoms with E-state index in [1.54, 1.807) is 7.11 Å². The average molecular weight is 238 g/mol. The molecule has 0 saturated heterocycles. The summed E-state index contributed by atoms with van der Waals surface area (Å²) < 4.78 is 5.14. The third-order valence-corrected chi connectivity index (χ3v) is 3.12. The second kappa shape index (κ2) is 5.54. The van der Waals surface area contributed by atoms with E-state index in [-0.39, 0.29) is 0 Å². The van der Waals surface area contributed by atoms with Crippen LogP contribution in [0.3, 0.4) is 0 Å². The quantitative estimate of drug-likeness (QED) is 0.716. The standard InChI is InChI=1S/C17H18O/c1-13-4-5-16(12-14(13)2)7-6-15-8-10-17(18-3)11-9-15/h4-12H,1-3H3/b7-6-. The summed E-state index contributed by atoms with van der Waals surface area (Å²) in [6.07, 6.45) is 4.25. The van der Waals surface area contributed by atoms with Crippen LogP contribution in [-0.2, 0) is 0 Å². The predicted molar refractivity (Wildman–Crippen MR) is 77.8 cm³/mol. The number of aryl methyl sites for hydroxylation is 2. The molecule has 92 valence electrons. The lowest BCUT2D eigenvalue weighted by Crippen LogP contribution is -1.82. The van der Waals surface area contributed by atoms with Crippen LogP contribution < -0.4 is 4.74 Å². The van der Waals surface area contributed by atoms with Gasteiger partial charge in [0.05, 0.1) is 7.11 Å². The average Bonchev–Trinajstić information content (AvgIpc) is 2.41. The molecule has 0 atom stereocenters. The molecule has 0 aliphatic carbocycles. The van der Waals surface area contributed by atoms with Crippen LogP contribution in [0.5, 0.6) is 5.75 Å². The minimum Gasteiger partial charge on any atom is -0.497 e. The van der Waals surface area contributed by atoms with E-state index < -0.39 is 0 Å². The van der Waals surface area contributed by atoms with E-state index in [9.17, 15) is 0 Å². The first kappa shape index (κ1) is 12.4. The molecule has 0 fully saturated rings. The molecule has 0 saturated carbocycles. The summed E-state index contributed by atoms with van der Waals surface area (Å²) in [7, 11) is 1.68. The van der Waals surface area contributed by atoms with Crippen molar-refractivity contribution in [2.24, 2.45) is 0 Å². The van der Waals surface area contributed by atoms with Gasteiger partial charge in [0.2, 0.25) is 0 Å². The zero-order chi connectivity index (χ0) is 13.0. The predicted octanol–water partition coefficient (Wildman–Crippen LogP) is 4.48. The Morgan fingerprint density at radius 3 is 2.00 bits per heavy atom. The van der Waals surface area contributed by atoms with Crippen LogP contribution in [0.4, 0.5) is 0 Å². The van der Waals surface area contributed by atoms with E-state index in [4.69, 9.17) is 4.74 Å². The van der Waals surface area contributed by atoms with E-state index in [2.05, 4.69) is 56.3 Å². The van der Waals surface area contributed by atoms with Crippen LogP contribution in [0.2, 0.25) is 0 Å². The maximum absolute atomic E-state index is 5.14. The first-order valence-corrected chi connectivity index (χ1v) is 6.08. The third-order valence-electron chi connectivity index (χ3n) is 3.12. The molecule has 0 bridgehead atoms. The summed E-state index contributed by atoms with van der Waals surface area (Å²) in [5.74, 6) is 0.887. The molecule has 2 rings (SSSR count). The van der Waals surface area contributed by atoms with Crippen molar-refractivity contribution in [2.45, 2.75) is 13.8 Å². The zero-order valence-corrected chi connectivity index (χ0v) is 11.1. The van der Waals surface area contributed by atoms with E-state index in [1.807, 2.05) is 12.1 Å². The lowest BCUT2D eigenvalue weighted by Gasteiger charge is -2.01. The molecule has 0 aromatic heterocycles. The van der Waals surface area contributed by atoms with Crippen LogP contribution in [0, 0.1) is 13.8 Å². The molecule has 0 aliphatic heterocycles. The number of hydrogen-bond donors (Lipinski definition) is 0. The molecule has 0 amide bonds. The number of ether oxygens (including phenoxy) is 1. The lowest BCUT2D eigenvalue weighted by molar-refractivity contribution is 0.415. The Kier molecular flexibility index (Phi) is 3.83.